The van der Waals surface area contributed by atoms with Gasteiger partial charge in [0.2, 0.25) is 5.91 Å². The minimum atomic E-state index is -1.18. The molecule has 2 saturated heterocycles. The van der Waals surface area contributed by atoms with Gasteiger partial charge in [0.05, 0.1) is 10.7 Å². The zero-order chi connectivity index (χ0) is 33.0. The predicted octanol–water partition coefficient (Wildman–Crippen LogP) is 3.75. The molecule has 242 valence electrons. The lowest BCUT2D eigenvalue weighted by Gasteiger charge is -2.26. The van der Waals surface area contributed by atoms with E-state index in [1.807, 2.05) is 39.8 Å². The second-order valence-electron chi connectivity index (χ2n) is 12.6. The molecular formula is C33H43N5O6S. The van der Waals surface area contributed by atoms with Crippen molar-refractivity contribution in [1.29, 1.82) is 0 Å². The lowest BCUT2D eigenvalue weighted by atomic mass is 9.89. The Bertz CT molecular complexity index is 1600. The fourth-order valence-electron chi connectivity index (χ4n) is 7.09. The lowest BCUT2D eigenvalue weighted by molar-refractivity contribution is -0.138. The van der Waals surface area contributed by atoms with Crippen LogP contribution in [0.25, 0.3) is 6.08 Å². The molecule has 5 rings (SSSR count). The number of carboxylic acid groups (broad SMARTS) is 2. The number of carbonyl (C=O) groups excluding carboxylic acids is 1. The third kappa shape index (κ3) is 5.69. The van der Waals surface area contributed by atoms with Crippen molar-refractivity contribution in [2.45, 2.75) is 88.4 Å². The molecule has 45 heavy (non-hydrogen) atoms. The number of aliphatic hydroxyl groups excluding tert-OH is 1. The van der Waals surface area contributed by atoms with Gasteiger partial charge in [0.15, 0.2) is 5.88 Å². The van der Waals surface area contributed by atoms with Crippen molar-refractivity contribution in [1.82, 2.24) is 20.9 Å². The molecule has 0 saturated carbocycles. The van der Waals surface area contributed by atoms with E-state index in [0.717, 1.165) is 39.2 Å². The molecular weight excluding hydrogens is 594 g/mol. The van der Waals surface area contributed by atoms with Gasteiger partial charge in [-0.25, -0.2) is 0 Å². The van der Waals surface area contributed by atoms with Crippen molar-refractivity contribution in [2.75, 3.05) is 0 Å². The van der Waals surface area contributed by atoms with Gasteiger partial charge < -0.3 is 42.0 Å². The summed E-state index contributed by atoms with van der Waals surface area (Å²) in [5.74, 6) is -1.97. The van der Waals surface area contributed by atoms with Gasteiger partial charge in [0.1, 0.15) is 5.66 Å². The minimum absolute atomic E-state index is 0.0134. The molecule has 5 heterocycles. The molecule has 1 aromatic heterocycles. The van der Waals surface area contributed by atoms with Crippen molar-refractivity contribution >= 4 is 35.7 Å². The summed E-state index contributed by atoms with van der Waals surface area (Å²) < 4.78 is -0.352. The summed E-state index contributed by atoms with van der Waals surface area (Å²) in [7, 11) is 0. The molecule has 0 aromatic carbocycles. The predicted molar refractivity (Wildman–Crippen MR) is 174 cm³/mol. The van der Waals surface area contributed by atoms with Crippen LogP contribution in [0.15, 0.2) is 52.7 Å². The molecule has 4 aliphatic rings. The average molecular weight is 638 g/mol. The Kier molecular flexibility index (Phi) is 8.52. The highest BCUT2D eigenvalue weighted by atomic mass is 32.2. The number of carbonyl (C=O) groups is 3. The summed E-state index contributed by atoms with van der Waals surface area (Å²) in [5.41, 5.74) is 12.9. The summed E-state index contributed by atoms with van der Waals surface area (Å²) in [5, 5.41) is 39.2. The van der Waals surface area contributed by atoms with Gasteiger partial charge in [-0.3, -0.25) is 14.4 Å². The van der Waals surface area contributed by atoms with E-state index in [1.54, 1.807) is 17.8 Å². The molecule has 9 N–H and O–H groups in total. The van der Waals surface area contributed by atoms with Gasteiger partial charge in [-0.15, -0.1) is 11.8 Å². The number of nitrogens with two attached hydrogens (primary N) is 1. The van der Waals surface area contributed by atoms with Crippen molar-refractivity contribution in [3.63, 3.8) is 0 Å². The normalized spacial score (nSPS) is 32.4. The lowest BCUT2D eigenvalue weighted by Crippen LogP contribution is -2.49. The molecule has 0 bridgehead atoms. The topological polar surface area (TPSA) is 190 Å². The van der Waals surface area contributed by atoms with E-state index in [2.05, 4.69) is 34.4 Å². The largest absolute Gasteiger partial charge is 0.495 e. The Labute approximate surface area is 267 Å². The standard InChI is InChI=1S/C33H43N5O6S/c1-7-20-15(2)24(36-31(20)44)12-23-16(3)21(8-10-28(39)40)25(35-23)13-26-22(9-11-29(41)42)17(4)32(34,38-26)14-27-33(19(6)45-33)18(5)30(43)37-27/h7,13-15,18-19,24,35-36,38,44H,1,8-12,34H2,2-6H3,(H,37,43)(H,39,40)(H,41,42)/b26-13-,27-14-/t15?,18-,19?,24+,32+,33+/m0/s1. The van der Waals surface area contributed by atoms with E-state index in [-0.39, 0.29) is 58.9 Å². The van der Waals surface area contributed by atoms with Gasteiger partial charge >= 0.3 is 11.9 Å². The fourth-order valence-corrected chi connectivity index (χ4v) is 8.49. The third-order valence-electron chi connectivity index (χ3n) is 10.1. The number of aliphatic carboxylic acids is 2. The van der Waals surface area contributed by atoms with Crippen LogP contribution < -0.4 is 21.7 Å². The monoisotopic (exact) mass is 637 g/mol. The van der Waals surface area contributed by atoms with Crippen LogP contribution in [0.3, 0.4) is 0 Å². The Morgan fingerprint density at radius 2 is 1.76 bits per heavy atom. The van der Waals surface area contributed by atoms with Crippen molar-refractivity contribution < 1.29 is 29.7 Å². The van der Waals surface area contributed by atoms with Gasteiger partial charge in [0, 0.05) is 64.8 Å². The van der Waals surface area contributed by atoms with Gasteiger partial charge in [-0.05, 0) is 61.1 Å². The van der Waals surface area contributed by atoms with Crippen LogP contribution in [0, 0.1) is 18.8 Å². The Balaban J connectivity index is 1.54. The van der Waals surface area contributed by atoms with Crippen molar-refractivity contribution in [2.24, 2.45) is 17.6 Å². The number of allylic oxidation sites excluding steroid dienone is 2. The maximum absolute atomic E-state index is 12.7. The molecule has 2 unspecified atom stereocenters. The first-order chi connectivity index (χ1) is 21.1. The van der Waals surface area contributed by atoms with Gasteiger partial charge in [-0.2, -0.15) is 0 Å². The van der Waals surface area contributed by atoms with Crippen LogP contribution in [0.5, 0.6) is 0 Å². The maximum atomic E-state index is 12.7. The number of aromatic amines is 1. The first kappa shape index (κ1) is 32.5. The van der Waals surface area contributed by atoms with Crippen LogP contribution in [0.2, 0.25) is 0 Å². The number of nitrogens with one attached hydrogen (secondary N) is 4. The zero-order valence-corrected chi connectivity index (χ0v) is 27.2. The molecule has 2 fully saturated rings. The first-order valence-electron chi connectivity index (χ1n) is 15.3. The number of thioether (sulfide) groups is 1. The Hall–Kier alpha value is -3.90. The molecule has 1 spiro atoms. The second kappa shape index (κ2) is 11.8. The summed E-state index contributed by atoms with van der Waals surface area (Å²) in [4.78, 5) is 39.4. The van der Waals surface area contributed by atoms with Crippen molar-refractivity contribution in [3.05, 3.63) is 75.2 Å². The summed E-state index contributed by atoms with van der Waals surface area (Å²) in [6.07, 6.45) is 6.31. The molecule has 11 nitrogen and oxygen atoms in total. The van der Waals surface area contributed by atoms with E-state index >= 15 is 0 Å². The highest BCUT2D eigenvalue weighted by Crippen LogP contribution is 2.64. The van der Waals surface area contributed by atoms with Crippen LogP contribution in [0.1, 0.15) is 69.5 Å². The van der Waals surface area contributed by atoms with E-state index in [0.29, 0.717) is 24.2 Å². The Morgan fingerprint density at radius 1 is 1.11 bits per heavy atom. The van der Waals surface area contributed by atoms with E-state index < -0.39 is 17.6 Å². The number of H-pyrrole nitrogens is 1. The zero-order valence-electron chi connectivity index (χ0n) is 26.3. The van der Waals surface area contributed by atoms with Crippen LogP contribution in [-0.2, 0) is 27.2 Å². The second-order valence-corrected chi connectivity index (χ2v) is 14.3. The molecule has 6 atom stereocenters. The number of aliphatic hydroxyl groups is 1. The third-order valence-corrected chi connectivity index (χ3v) is 11.9. The van der Waals surface area contributed by atoms with E-state index in [4.69, 9.17) is 5.73 Å². The number of aromatic nitrogens is 1. The smallest absolute Gasteiger partial charge is 0.303 e. The van der Waals surface area contributed by atoms with Gasteiger partial charge in [-0.1, -0.05) is 33.4 Å². The highest BCUT2D eigenvalue weighted by Gasteiger charge is 2.65. The molecule has 1 amide bonds. The highest BCUT2D eigenvalue weighted by molar-refractivity contribution is 8.09. The maximum Gasteiger partial charge on any atom is 0.303 e. The molecule has 4 aliphatic heterocycles. The fraction of sp³-hybridized carbons (Fsp3) is 0.485. The average Bonchev–Trinajstić information content (AvgIpc) is 3.22. The molecule has 1 aromatic rings. The first-order valence-corrected chi connectivity index (χ1v) is 16.2. The number of hydrogen-bond donors (Lipinski definition) is 8. The molecule has 0 aliphatic carbocycles. The molecule has 0 radical (unpaired) electrons. The van der Waals surface area contributed by atoms with E-state index in [1.165, 1.54) is 0 Å². The quantitative estimate of drug-likeness (QED) is 0.166. The minimum Gasteiger partial charge on any atom is -0.495 e. The summed E-state index contributed by atoms with van der Waals surface area (Å²) >= 11 is 1.73. The Morgan fingerprint density at radius 3 is 2.33 bits per heavy atom. The van der Waals surface area contributed by atoms with Crippen LogP contribution in [-0.4, -0.2) is 59.9 Å². The number of carboxylic acids is 2. The molecule has 12 heteroatoms. The van der Waals surface area contributed by atoms with Gasteiger partial charge in [0.25, 0.3) is 0 Å². The number of hydrogen-bond acceptors (Lipinski definition) is 8. The SMILES string of the molecule is C=CC1=C(O)N[C@H](Cc2[nH]c(/C=C3\N[C@](N)(/C=C4\NC(=O)[C@H](C)[C@]45SC5C)C(C)=C3CCC(=O)O)c(CCC(=O)O)c2C)C1C. The summed E-state index contributed by atoms with van der Waals surface area (Å²) in [6, 6.07) is -0.0941. The van der Waals surface area contributed by atoms with Crippen molar-refractivity contribution in [3.8, 4) is 0 Å². The van der Waals surface area contributed by atoms with Crippen LogP contribution >= 0.6 is 11.8 Å². The van der Waals surface area contributed by atoms with E-state index in [9.17, 15) is 29.7 Å². The number of amides is 1. The summed E-state index contributed by atoms with van der Waals surface area (Å²) in [6.45, 7) is 13.7. The van der Waals surface area contributed by atoms with Crippen LogP contribution in [0.4, 0.5) is 0 Å². The number of rotatable bonds is 11.